The van der Waals surface area contributed by atoms with Crippen molar-refractivity contribution in [3.05, 3.63) is 80.7 Å². The number of halogens is 1. The molecule has 6 nitrogen and oxygen atoms in total. The molecule has 27 heavy (non-hydrogen) atoms. The first-order valence-corrected chi connectivity index (χ1v) is 8.63. The molecule has 3 rings (SSSR count). The molecule has 0 spiro atoms. The second-order valence-corrected chi connectivity index (χ2v) is 6.31. The summed E-state index contributed by atoms with van der Waals surface area (Å²) in [4.78, 5) is 39.3. The smallest absolute Gasteiger partial charge is 0.331 e. The van der Waals surface area contributed by atoms with Crippen LogP contribution < -0.4 is 11.2 Å². The fraction of sp³-hybridized carbons (Fsp3) is 0.250. The average molecular weight is 369 g/mol. The van der Waals surface area contributed by atoms with Crippen LogP contribution in [0.1, 0.15) is 12.5 Å². The van der Waals surface area contributed by atoms with Crippen LogP contribution in [0.15, 0.2) is 58.1 Å². The highest BCUT2D eigenvalue weighted by atomic mass is 19.1. The number of fused-ring (bicyclic) bond motifs is 1. The Hall–Kier alpha value is -3.22. The van der Waals surface area contributed by atoms with Crippen LogP contribution in [0.4, 0.5) is 4.39 Å². The quantitative estimate of drug-likeness (QED) is 0.691. The van der Waals surface area contributed by atoms with Crippen molar-refractivity contribution in [2.45, 2.75) is 26.6 Å². The van der Waals surface area contributed by atoms with E-state index >= 15 is 0 Å². The number of likely N-dealkylation sites (N-methyl/N-ethyl adjacent to an activating group) is 1. The van der Waals surface area contributed by atoms with Gasteiger partial charge >= 0.3 is 5.69 Å². The first kappa shape index (κ1) is 18.6. The van der Waals surface area contributed by atoms with Crippen molar-refractivity contribution in [1.29, 1.82) is 0 Å². The van der Waals surface area contributed by atoms with Crippen LogP contribution in [0.3, 0.4) is 0 Å². The van der Waals surface area contributed by atoms with E-state index in [1.165, 1.54) is 21.6 Å². The summed E-state index contributed by atoms with van der Waals surface area (Å²) < 4.78 is 15.5. The number of amides is 1. The van der Waals surface area contributed by atoms with Gasteiger partial charge in [0.25, 0.3) is 5.56 Å². The van der Waals surface area contributed by atoms with E-state index in [9.17, 15) is 18.8 Å². The van der Waals surface area contributed by atoms with E-state index in [0.29, 0.717) is 17.4 Å². The number of carbonyl (C=O) groups is 1. The minimum absolute atomic E-state index is 0.183. The zero-order valence-electron chi connectivity index (χ0n) is 15.2. The summed E-state index contributed by atoms with van der Waals surface area (Å²) in [6.45, 7) is 2.04. The summed E-state index contributed by atoms with van der Waals surface area (Å²) in [5, 5.41) is 0.396. The highest BCUT2D eigenvalue weighted by Crippen LogP contribution is 2.09. The van der Waals surface area contributed by atoms with E-state index in [2.05, 4.69) is 0 Å². The van der Waals surface area contributed by atoms with Crippen LogP contribution in [0.5, 0.6) is 0 Å². The van der Waals surface area contributed by atoms with Crippen molar-refractivity contribution in [3.63, 3.8) is 0 Å². The highest BCUT2D eigenvalue weighted by Gasteiger charge is 2.16. The molecule has 140 valence electrons. The Kier molecular flexibility index (Phi) is 5.21. The lowest BCUT2D eigenvalue weighted by Crippen LogP contribution is -2.42. The largest absolute Gasteiger partial charge is 0.340 e. The summed E-state index contributed by atoms with van der Waals surface area (Å²) in [5.74, 6) is -0.625. The molecule has 3 aromatic rings. The van der Waals surface area contributed by atoms with E-state index in [0.717, 1.165) is 10.1 Å². The summed E-state index contributed by atoms with van der Waals surface area (Å²) >= 11 is 0. The molecule has 0 bridgehead atoms. The molecule has 7 heteroatoms. The molecule has 0 N–H and O–H groups in total. The predicted molar refractivity (Wildman–Crippen MR) is 101 cm³/mol. The van der Waals surface area contributed by atoms with Gasteiger partial charge in [0.05, 0.1) is 10.9 Å². The maximum absolute atomic E-state index is 13.0. The van der Waals surface area contributed by atoms with Gasteiger partial charge in [0.1, 0.15) is 12.4 Å². The molecule has 1 heterocycles. The van der Waals surface area contributed by atoms with Gasteiger partial charge in [-0.25, -0.2) is 9.18 Å². The lowest BCUT2D eigenvalue weighted by molar-refractivity contribution is -0.131. The van der Waals surface area contributed by atoms with E-state index in [-0.39, 0.29) is 30.4 Å². The van der Waals surface area contributed by atoms with Crippen molar-refractivity contribution >= 4 is 16.8 Å². The number of hydrogen-bond donors (Lipinski definition) is 0. The Bertz CT molecular complexity index is 1100. The number of aromatic nitrogens is 2. The van der Waals surface area contributed by atoms with Crippen LogP contribution in [0.25, 0.3) is 10.9 Å². The molecule has 0 aliphatic carbocycles. The highest BCUT2D eigenvalue weighted by molar-refractivity contribution is 5.81. The third-order valence-electron chi connectivity index (χ3n) is 4.50. The van der Waals surface area contributed by atoms with Crippen LogP contribution in [0, 0.1) is 5.82 Å². The molecular weight excluding hydrogens is 349 g/mol. The topological polar surface area (TPSA) is 64.3 Å². The molecule has 0 unspecified atom stereocenters. The van der Waals surface area contributed by atoms with Gasteiger partial charge in [-0.2, -0.15) is 0 Å². The van der Waals surface area contributed by atoms with Gasteiger partial charge < -0.3 is 4.90 Å². The molecule has 0 saturated carbocycles. The van der Waals surface area contributed by atoms with E-state index in [1.54, 1.807) is 50.4 Å². The van der Waals surface area contributed by atoms with Crippen LogP contribution in [-0.2, 0) is 24.4 Å². The number of para-hydroxylation sites is 1. The van der Waals surface area contributed by atoms with Crippen LogP contribution in [0.2, 0.25) is 0 Å². The fourth-order valence-electron chi connectivity index (χ4n) is 3.01. The molecule has 2 aromatic carbocycles. The molecule has 1 aromatic heterocycles. The summed E-state index contributed by atoms with van der Waals surface area (Å²) in [6, 6.07) is 12.6. The standard InChI is InChI=1S/C20H20FN3O3/c1-3-23-19(26)16-6-4-5-7-17(16)24(20(23)27)13-18(25)22(2)12-14-8-10-15(21)11-9-14/h4-11H,3,12-13H2,1-2H3. The van der Waals surface area contributed by atoms with Gasteiger partial charge in [-0.1, -0.05) is 24.3 Å². The van der Waals surface area contributed by atoms with E-state index < -0.39 is 5.69 Å². The molecule has 0 fully saturated rings. The number of carbonyl (C=O) groups excluding carboxylic acids is 1. The Morgan fingerprint density at radius 1 is 1.04 bits per heavy atom. The lowest BCUT2D eigenvalue weighted by atomic mass is 10.2. The normalized spacial score (nSPS) is 10.9. The molecule has 0 aliphatic rings. The monoisotopic (exact) mass is 369 g/mol. The van der Waals surface area contributed by atoms with Crippen molar-refractivity contribution < 1.29 is 9.18 Å². The Balaban J connectivity index is 1.93. The second kappa shape index (κ2) is 7.57. The molecular formula is C20H20FN3O3. The van der Waals surface area contributed by atoms with Gasteiger partial charge in [0.15, 0.2) is 0 Å². The van der Waals surface area contributed by atoms with Crippen molar-refractivity contribution in [2.75, 3.05) is 7.05 Å². The Morgan fingerprint density at radius 3 is 2.37 bits per heavy atom. The molecule has 0 atom stereocenters. The van der Waals surface area contributed by atoms with Gasteiger partial charge in [-0.3, -0.25) is 18.7 Å². The second-order valence-electron chi connectivity index (χ2n) is 6.31. The van der Waals surface area contributed by atoms with Gasteiger partial charge in [-0.15, -0.1) is 0 Å². The van der Waals surface area contributed by atoms with Gasteiger partial charge in [-0.05, 0) is 36.8 Å². The minimum Gasteiger partial charge on any atom is -0.340 e. The third-order valence-corrected chi connectivity index (χ3v) is 4.50. The predicted octanol–water partition coefficient (Wildman–Crippen LogP) is 1.98. The number of benzene rings is 2. The van der Waals surface area contributed by atoms with Crippen molar-refractivity contribution in [3.8, 4) is 0 Å². The van der Waals surface area contributed by atoms with E-state index in [4.69, 9.17) is 0 Å². The van der Waals surface area contributed by atoms with Gasteiger partial charge in [0, 0.05) is 20.1 Å². The Labute approximate surface area is 155 Å². The molecule has 0 radical (unpaired) electrons. The van der Waals surface area contributed by atoms with E-state index in [1.807, 2.05) is 0 Å². The maximum Gasteiger partial charge on any atom is 0.331 e. The number of nitrogens with zero attached hydrogens (tertiary/aromatic N) is 3. The SMILES string of the molecule is CCn1c(=O)c2ccccc2n(CC(=O)N(C)Cc2ccc(F)cc2)c1=O. The van der Waals surface area contributed by atoms with Gasteiger partial charge in [0.2, 0.25) is 5.91 Å². The first-order chi connectivity index (χ1) is 12.9. The Morgan fingerprint density at radius 2 is 1.70 bits per heavy atom. The fourth-order valence-corrected chi connectivity index (χ4v) is 3.01. The van der Waals surface area contributed by atoms with Crippen molar-refractivity contribution in [1.82, 2.24) is 14.0 Å². The molecule has 0 saturated heterocycles. The first-order valence-electron chi connectivity index (χ1n) is 8.63. The van der Waals surface area contributed by atoms with Crippen LogP contribution in [-0.4, -0.2) is 27.0 Å². The average Bonchev–Trinajstić information content (AvgIpc) is 2.67. The molecule has 0 aliphatic heterocycles. The lowest BCUT2D eigenvalue weighted by Gasteiger charge is -2.19. The summed E-state index contributed by atoms with van der Waals surface area (Å²) in [6.07, 6.45) is 0. The number of rotatable bonds is 5. The number of hydrogen-bond acceptors (Lipinski definition) is 3. The van der Waals surface area contributed by atoms with Crippen molar-refractivity contribution in [2.24, 2.45) is 0 Å². The summed E-state index contributed by atoms with van der Waals surface area (Å²) in [7, 11) is 1.62. The minimum atomic E-state index is -0.510. The van der Waals surface area contributed by atoms with Crippen LogP contribution >= 0.6 is 0 Å². The zero-order chi connectivity index (χ0) is 19.6. The maximum atomic E-state index is 13.0. The zero-order valence-corrected chi connectivity index (χ0v) is 15.2. The third kappa shape index (κ3) is 3.67. The molecule has 1 amide bonds. The summed E-state index contributed by atoms with van der Waals surface area (Å²) in [5.41, 5.74) is 0.343.